The molecule has 1 aromatic rings. The van der Waals surface area contributed by atoms with E-state index in [9.17, 15) is 8.42 Å². The SMILES string of the molecule is CCOc1cc(C)c(NS(=O)(=O)CC)cc1C. The van der Waals surface area contributed by atoms with Crippen LogP contribution in [-0.2, 0) is 10.0 Å². The summed E-state index contributed by atoms with van der Waals surface area (Å²) in [7, 11) is -3.23. The van der Waals surface area contributed by atoms with Gasteiger partial charge in [0.2, 0.25) is 10.0 Å². The minimum Gasteiger partial charge on any atom is -0.494 e. The zero-order valence-electron chi connectivity index (χ0n) is 10.7. The molecule has 0 unspecified atom stereocenters. The van der Waals surface area contributed by atoms with Crippen LogP contribution in [0.1, 0.15) is 25.0 Å². The highest BCUT2D eigenvalue weighted by molar-refractivity contribution is 7.92. The molecular weight excluding hydrogens is 238 g/mol. The van der Waals surface area contributed by atoms with E-state index in [0.29, 0.717) is 12.3 Å². The first-order valence-electron chi connectivity index (χ1n) is 5.64. The fraction of sp³-hybridized carbons (Fsp3) is 0.500. The summed E-state index contributed by atoms with van der Waals surface area (Å²) in [6.45, 7) is 7.88. The van der Waals surface area contributed by atoms with E-state index in [2.05, 4.69) is 4.72 Å². The smallest absolute Gasteiger partial charge is 0.232 e. The Hall–Kier alpha value is -1.23. The standard InChI is InChI=1S/C12H19NO3S/c1-5-16-12-8-9(3)11(7-10(12)4)13-17(14,15)6-2/h7-8,13H,5-6H2,1-4H3. The maximum atomic E-state index is 11.5. The third-order valence-electron chi connectivity index (χ3n) is 2.47. The Balaban J connectivity index is 3.08. The molecule has 0 aliphatic heterocycles. The molecule has 0 spiro atoms. The van der Waals surface area contributed by atoms with Gasteiger partial charge in [0.25, 0.3) is 0 Å². The molecule has 0 heterocycles. The molecule has 4 nitrogen and oxygen atoms in total. The number of benzene rings is 1. The summed E-state index contributed by atoms with van der Waals surface area (Å²) >= 11 is 0. The molecule has 0 saturated carbocycles. The Kier molecular flexibility index (Phi) is 4.40. The molecule has 1 N–H and O–H groups in total. The van der Waals surface area contributed by atoms with Gasteiger partial charge < -0.3 is 4.74 Å². The predicted octanol–water partition coefficient (Wildman–Crippen LogP) is 2.46. The molecule has 0 aliphatic rings. The zero-order valence-corrected chi connectivity index (χ0v) is 11.5. The third-order valence-corrected chi connectivity index (χ3v) is 3.76. The van der Waals surface area contributed by atoms with E-state index >= 15 is 0 Å². The Bertz CT molecular complexity index is 495. The fourth-order valence-electron chi connectivity index (χ4n) is 1.45. The van der Waals surface area contributed by atoms with Crippen molar-refractivity contribution in [1.82, 2.24) is 0 Å². The summed E-state index contributed by atoms with van der Waals surface area (Å²) in [4.78, 5) is 0. The molecular formula is C12H19NO3S. The Morgan fingerprint density at radius 2 is 1.82 bits per heavy atom. The van der Waals surface area contributed by atoms with Gasteiger partial charge in [0.05, 0.1) is 18.0 Å². The number of ether oxygens (including phenoxy) is 1. The van der Waals surface area contributed by atoms with Crippen molar-refractivity contribution < 1.29 is 13.2 Å². The first-order valence-corrected chi connectivity index (χ1v) is 7.29. The second-order valence-corrected chi connectivity index (χ2v) is 5.88. The van der Waals surface area contributed by atoms with Crippen molar-refractivity contribution in [2.75, 3.05) is 17.1 Å². The summed E-state index contributed by atoms with van der Waals surface area (Å²) in [6, 6.07) is 3.65. The van der Waals surface area contributed by atoms with Crippen molar-refractivity contribution in [1.29, 1.82) is 0 Å². The van der Waals surface area contributed by atoms with Crippen LogP contribution in [0.3, 0.4) is 0 Å². The van der Waals surface area contributed by atoms with Crippen molar-refractivity contribution in [3.8, 4) is 5.75 Å². The van der Waals surface area contributed by atoms with Gasteiger partial charge in [0.1, 0.15) is 5.75 Å². The van der Waals surface area contributed by atoms with Crippen molar-refractivity contribution in [3.05, 3.63) is 23.3 Å². The second-order valence-electron chi connectivity index (χ2n) is 3.87. The van der Waals surface area contributed by atoms with E-state index in [-0.39, 0.29) is 5.75 Å². The lowest BCUT2D eigenvalue weighted by molar-refractivity contribution is 0.338. The molecule has 17 heavy (non-hydrogen) atoms. The van der Waals surface area contributed by atoms with E-state index in [1.807, 2.05) is 26.8 Å². The molecule has 0 bridgehead atoms. The Morgan fingerprint density at radius 1 is 1.18 bits per heavy atom. The average Bonchev–Trinajstić information content (AvgIpc) is 2.25. The van der Waals surface area contributed by atoms with E-state index in [0.717, 1.165) is 16.9 Å². The van der Waals surface area contributed by atoms with Crippen LogP contribution in [0.5, 0.6) is 5.75 Å². The first-order chi connectivity index (χ1) is 7.89. The van der Waals surface area contributed by atoms with Crippen LogP contribution in [-0.4, -0.2) is 20.8 Å². The molecule has 0 radical (unpaired) electrons. The van der Waals surface area contributed by atoms with Gasteiger partial charge in [0.15, 0.2) is 0 Å². The summed E-state index contributed by atoms with van der Waals surface area (Å²) in [6.07, 6.45) is 0. The van der Waals surface area contributed by atoms with Gasteiger partial charge in [-0.3, -0.25) is 4.72 Å². The average molecular weight is 257 g/mol. The lowest BCUT2D eigenvalue weighted by atomic mass is 10.1. The van der Waals surface area contributed by atoms with E-state index in [4.69, 9.17) is 4.74 Å². The highest BCUT2D eigenvalue weighted by Crippen LogP contribution is 2.26. The molecule has 0 amide bonds. The number of sulfonamides is 1. The number of hydrogen-bond donors (Lipinski definition) is 1. The molecule has 1 aromatic carbocycles. The summed E-state index contributed by atoms with van der Waals surface area (Å²) < 4.78 is 31.0. The summed E-state index contributed by atoms with van der Waals surface area (Å²) in [5, 5.41) is 0. The van der Waals surface area contributed by atoms with Crippen LogP contribution >= 0.6 is 0 Å². The third kappa shape index (κ3) is 3.63. The van der Waals surface area contributed by atoms with Crippen LogP contribution in [0, 0.1) is 13.8 Å². The van der Waals surface area contributed by atoms with Gasteiger partial charge in [-0.15, -0.1) is 0 Å². The van der Waals surface area contributed by atoms with Crippen LogP contribution in [0.15, 0.2) is 12.1 Å². The molecule has 5 heteroatoms. The van der Waals surface area contributed by atoms with Gasteiger partial charge in [-0.25, -0.2) is 8.42 Å². The van der Waals surface area contributed by atoms with Crippen LogP contribution in [0.4, 0.5) is 5.69 Å². The second kappa shape index (κ2) is 5.40. The molecule has 0 fully saturated rings. The maximum Gasteiger partial charge on any atom is 0.232 e. The normalized spacial score (nSPS) is 11.3. The number of nitrogens with one attached hydrogen (secondary N) is 1. The van der Waals surface area contributed by atoms with Crippen molar-refractivity contribution in [2.24, 2.45) is 0 Å². The number of rotatable bonds is 5. The lowest BCUT2D eigenvalue weighted by Crippen LogP contribution is -2.15. The van der Waals surface area contributed by atoms with Gasteiger partial charge >= 0.3 is 0 Å². The van der Waals surface area contributed by atoms with Crippen molar-refractivity contribution in [3.63, 3.8) is 0 Å². The minimum atomic E-state index is -3.23. The Morgan fingerprint density at radius 3 is 2.35 bits per heavy atom. The maximum absolute atomic E-state index is 11.5. The largest absolute Gasteiger partial charge is 0.494 e. The molecule has 0 aromatic heterocycles. The molecule has 0 atom stereocenters. The molecule has 96 valence electrons. The quantitative estimate of drug-likeness (QED) is 0.881. The number of anilines is 1. The first kappa shape index (κ1) is 13.8. The van der Waals surface area contributed by atoms with E-state index < -0.39 is 10.0 Å². The molecule has 1 rings (SSSR count). The van der Waals surface area contributed by atoms with Gasteiger partial charge in [0, 0.05) is 0 Å². The summed E-state index contributed by atoms with van der Waals surface area (Å²) in [5.41, 5.74) is 2.40. The van der Waals surface area contributed by atoms with Crippen molar-refractivity contribution >= 4 is 15.7 Å². The van der Waals surface area contributed by atoms with Gasteiger partial charge in [-0.05, 0) is 51.0 Å². The monoisotopic (exact) mass is 257 g/mol. The highest BCUT2D eigenvalue weighted by atomic mass is 32.2. The Labute approximate surface area is 103 Å². The topological polar surface area (TPSA) is 55.4 Å². The number of hydrogen-bond acceptors (Lipinski definition) is 3. The van der Waals surface area contributed by atoms with Crippen molar-refractivity contribution in [2.45, 2.75) is 27.7 Å². The van der Waals surface area contributed by atoms with Gasteiger partial charge in [-0.2, -0.15) is 0 Å². The lowest BCUT2D eigenvalue weighted by Gasteiger charge is -2.13. The fourth-order valence-corrected chi connectivity index (χ4v) is 2.15. The zero-order chi connectivity index (χ0) is 13.1. The van der Waals surface area contributed by atoms with E-state index in [1.54, 1.807) is 13.0 Å². The highest BCUT2D eigenvalue weighted by Gasteiger charge is 2.11. The number of aryl methyl sites for hydroxylation is 2. The minimum absolute atomic E-state index is 0.0682. The van der Waals surface area contributed by atoms with Crippen LogP contribution in [0.2, 0.25) is 0 Å². The molecule has 0 saturated heterocycles. The van der Waals surface area contributed by atoms with Gasteiger partial charge in [-0.1, -0.05) is 0 Å². The van der Waals surface area contributed by atoms with E-state index in [1.165, 1.54) is 0 Å². The summed E-state index contributed by atoms with van der Waals surface area (Å²) in [5.74, 6) is 0.864. The van der Waals surface area contributed by atoms with Crippen LogP contribution in [0.25, 0.3) is 0 Å². The molecule has 0 aliphatic carbocycles. The van der Waals surface area contributed by atoms with Crippen LogP contribution < -0.4 is 9.46 Å². The predicted molar refractivity (Wildman–Crippen MR) is 70.2 cm³/mol.